The maximum Gasteiger partial charge on any atom is 0.0584 e. The molecule has 13 heavy (non-hydrogen) atoms. The minimum Gasteiger partial charge on any atom is -0.328 e. The minimum absolute atomic E-state index is 0.0955. The molecular weight excluding hydrogens is 188 g/mol. The first-order valence-corrected chi connectivity index (χ1v) is 6.29. The second kappa shape index (κ2) is 4.14. The highest BCUT2D eigenvalue weighted by atomic mass is 32.3. The van der Waals surface area contributed by atoms with E-state index in [9.17, 15) is 9.11 Å². The van der Waals surface area contributed by atoms with Crippen molar-refractivity contribution in [3.05, 3.63) is 0 Å². The third-order valence-electron chi connectivity index (χ3n) is 2.51. The molecule has 0 aliphatic carbocycles. The van der Waals surface area contributed by atoms with Crippen LogP contribution < -0.4 is 5.73 Å². The molecule has 0 aromatic carbocycles. The fraction of sp³-hybridized carbons (Fsp3) is 1.00. The van der Waals surface area contributed by atoms with E-state index in [0.717, 1.165) is 12.8 Å². The smallest absolute Gasteiger partial charge is 0.0584 e. The molecule has 0 bridgehead atoms. The van der Waals surface area contributed by atoms with Crippen molar-refractivity contribution in [1.82, 2.24) is 4.31 Å². The normalized spacial score (nSPS) is 23.8. The van der Waals surface area contributed by atoms with Gasteiger partial charge in [0.2, 0.25) is 0 Å². The van der Waals surface area contributed by atoms with Crippen molar-refractivity contribution in [3.8, 4) is 0 Å². The van der Waals surface area contributed by atoms with Crippen LogP contribution in [0.1, 0.15) is 26.7 Å². The van der Waals surface area contributed by atoms with Crippen molar-refractivity contribution in [2.24, 2.45) is 5.73 Å². The van der Waals surface area contributed by atoms with Gasteiger partial charge >= 0.3 is 0 Å². The highest BCUT2D eigenvalue weighted by Crippen LogP contribution is 2.48. The number of rotatable bonds is 2. The summed E-state index contributed by atoms with van der Waals surface area (Å²) in [5.41, 5.74) is 5.74. The first-order valence-electron chi connectivity index (χ1n) is 4.72. The van der Waals surface area contributed by atoms with E-state index in [1.54, 1.807) is 4.31 Å². The van der Waals surface area contributed by atoms with E-state index >= 15 is 0 Å². The van der Waals surface area contributed by atoms with Gasteiger partial charge in [0.1, 0.15) is 0 Å². The first kappa shape index (κ1) is 11.3. The van der Waals surface area contributed by atoms with E-state index < -0.39 is 10.8 Å². The predicted molar refractivity (Wildman–Crippen MR) is 56.8 cm³/mol. The van der Waals surface area contributed by atoms with E-state index in [0.29, 0.717) is 13.1 Å². The van der Waals surface area contributed by atoms with Gasteiger partial charge in [-0.3, -0.25) is 9.11 Å². The van der Waals surface area contributed by atoms with Crippen LogP contribution in [0.25, 0.3) is 0 Å². The summed E-state index contributed by atoms with van der Waals surface area (Å²) >= 11 is 0. The highest BCUT2D eigenvalue weighted by molar-refractivity contribution is 8.22. The van der Waals surface area contributed by atoms with Crippen molar-refractivity contribution in [2.75, 3.05) is 13.1 Å². The molecule has 0 spiro atoms. The van der Waals surface area contributed by atoms with E-state index in [1.165, 1.54) is 0 Å². The van der Waals surface area contributed by atoms with Crippen LogP contribution in [0.2, 0.25) is 0 Å². The van der Waals surface area contributed by atoms with Crippen LogP contribution >= 0.6 is 10.8 Å². The Hall–Kier alpha value is 0.190. The quantitative estimate of drug-likeness (QED) is 0.643. The molecular formula is C8H20N2O2S. The van der Waals surface area contributed by atoms with E-state index in [-0.39, 0.29) is 11.3 Å². The van der Waals surface area contributed by atoms with Crippen LogP contribution in [0.3, 0.4) is 0 Å². The Balaban J connectivity index is 2.52. The standard InChI is InChI=1S/C8H20N2O2S/c1-7(2)13(11,12)10-5-3-8(9)4-6-10/h7-8,11-12H,3-6,9H2,1-2H3. The average Bonchev–Trinajstić information content (AvgIpc) is 2.04. The molecule has 4 N–H and O–H groups in total. The Morgan fingerprint density at radius 1 is 1.31 bits per heavy atom. The first-order chi connectivity index (χ1) is 5.94. The lowest BCUT2D eigenvalue weighted by atomic mass is 10.1. The summed E-state index contributed by atoms with van der Waals surface area (Å²) in [7, 11) is -2.55. The molecule has 1 rings (SSSR count). The summed E-state index contributed by atoms with van der Waals surface area (Å²) in [6.07, 6.45) is 1.73. The molecule has 0 saturated carbocycles. The van der Waals surface area contributed by atoms with E-state index in [2.05, 4.69) is 0 Å². The number of nitrogens with two attached hydrogens (primary N) is 1. The van der Waals surface area contributed by atoms with Crippen LogP contribution in [0.5, 0.6) is 0 Å². The molecule has 1 aliphatic heterocycles. The van der Waals surface area contributed by atoms with Gasteiger partial charge in [0.15, 0.2) is 0 Å². The lowest BCUT2D eigenvalue weighted by Gasteiger charge is -2.48. The Morgan fingerprint density at radius 2 is 1.77 bits per heavy atom. The summed E-state index contributed by atoms with van der Waals surface area (Å²) in [5.74, 6) is 0. The van der Waals surface area contributed by atoms with Gasteiger partial charge in [-0.2, -0.15) is 0 Å². The van der Waals surface area contributed by atoms with Crippen molar-refractivity contribution in [1.29, 1.82) is 0 Å². The second-order valence-electron chi connectivity index (χ2n) is 3.88. The Labute approximate surface area is 81.6 Å². The van der Waals surface area contributed by atoms with Crippen LogP contribution in [-0.4, -0.2) is 37.8 Å². The molecule has 0 amide bonds. The van der Waals surface area contributed by atoms with Crippen LogP contribution in [0.4, 0.5) is 0 Å². The summed E-state index contributed by atoms with van der Waals surface area (Å²) in [6, 6.07) is 0.235. The van der Waals surface area contributed by atoms with Gasteiger partial charge in [-0.05, 0) is 26.7 Å². The van der Waals surface area contributed by atoms with Gasteiger partial charge in [-0.15, -0.1) is 10.8 Å². The SMILES string of the molecule is CC(C)S(O)(O)N1CCC(N)CC1. The molecule has 0 aromatic heterocycles. The fourth-order valence-corrected chi connectivity index (χ4v) is 2.79. The van der Waals surface area contributed by atoms with Gasteiger partial charge < -0.3 is 5.73 Å². The molecule has 1 fully saturated rings. The summed E-state index contributed by atoms with van der Waals surface area (Å²) < 4.78 is 21.4. The van der Waals surface area contributed by atoms with Gasteiger partial charge in [-0.25, -0.2) is 4.31 Å². The lowest BCUT2D eigenvalue weighted by Crippen LogP contribution is -2.42. The van der Waals surface area contributed by atoms with Crippen molar-refractivity contribution < 1.29 is 9.11 Å². The molecule has 4 nitrogen and oxygen atoms in total. The van der Waals surface area contributed by atoms with Gasteiger partial charge in [0.05, 0.1) is 5.25 Å². The molecule has 0 aromatic rings. The predicted octanol–water partition coefficient (Wildman–Crippen LogP) is 1.48. The molecule has 0 unspecified atom stereocenters. The van der Waals surface area contributed by atoms with Crippen LogP contribution in [0, 0.1) is 0 Å². The van der Waals surface area contributed by atoms with Crippen molar-refractivity contribution >= 4 is 10.8 Å². The van der Waals surface area contributed by atoms with Gasteiger partial charge in [0, 0.05) is 19.1 Å². The molecule has 0 atom stereocenters. The number of nitrogens with zero attached hydrogens (tertiary/aromatic N) is 1. The third-order valence-corrected chi connectivity index (χ3v) is 4.90. The maximum atomic E-state index is 9.83. The average molecular weight is 208 g/mol. The van der Waals surface area contributed by atoms with Crippen molar-refractivity contribution in [3.63, 3.8) is 0 Å². The Morgan fingerprint density at radius 3 is 2.15 bits per heavy atom. The molecule has 5 heteroatoms. The summed E-state index contributed by atoms with van der Waals surface area (Å²) in [4.78, 5) is 0. The van der Waals surface area contributed by atoms with Gasteiger partial charge in [-0.1, -0.05) is 0 Å². The summed E-state index contributed by atoms with van der Waals surface area (Å²) in [6.45, 7) is 5.09. The van der Waals surface area contributed by atoms with Gasteiger partial charge in [0.25, 0.3) is 0 Å². The third kappa shape index (κ3) is 2.57. The van der Waals surface area contributed by atoms with Crippen LogP contribution in [-0.2, 0) is 0 Å². The largest absolute Gasteiger partial charge is 0.328 e. The molecule has 1 saturated heterocycles. The van der Waals surface area contributed by atoms with E-state index in [4.69, 9.17) is 5.73 Å². The lowest BCUT2D eigenvalue weighted by molar-refractivity contribution is 0.282. The zero-order valence-electron chi connectivity index (χ0n) is 8.31. The minimum atomic E-state index is -2.55. The zero-order valence-corrected chi connectivity index (χ0v) is 9.13. The fourth-order valence-electron chi connectivity index (χ4n) is 1.44. The molecule has 0 radical (unpaired) electrons. The van der Waals surface area contributed by atoms with Crippen molar-refractivity contribution in [2.45, 2.75) is 38.0 Å². The zero-order chi connectivity index (χ0) is 10.1. The Kier molecular flexibility index (Phi) is 3.59. The second-order valence-corrected chi connectivity index (χ2v) is 6.46. The van der Waals surface area contributed by atoms with Crippen LogP contribution in [0.15, 0.2) is 0 Å². The molecule has 1 heterocycles. The summed E-state index contributed by atoms with van der Waals surface area (Å²) in [5, 5.41) is -0.0955. The molecule has 1 aliphatic rings. The number of piperidine rings is 1. The Bertz CT molecular complexity index is 168. The number of hydrogen-bond acceptors (Lipinski definition) is 4. The molecule has 80 valence electrons. The number of hydrogen-bond donors (Lipinski definition) is 3. The maximum absolute atomic E-state index is 9.83. The topological polar surface area (TPSA) is 69.7 Å². The monoisotopic (exact) mass is 208 g/mol. The van der Waals surface area contributed by atoms with E-state index in [1.807, 2.05) is 13.8 Å². The highest BCUT2D eigenvalue weighted by Gasteiger charge is 2.29.